The highest BCUT2D eigenvalue weighted by Crippen LogP contribution is 2.47. The summed E-state index contributed by atoms with van der Waals surface area (Å²) in [5, 5.41) is 0. The predicted octanol–water partition coefficient (Wildman–Crippen LogP) is 3.41. The van der Waals surface area contributed by atoms with Gasteiger partial charge < -0.3 is 10.6 Å². The molecule has 0 aromatic carbocycles. The molecule has 1 amide bonds. The maximum atomic E-state index is 13.1. The van der Waals surface area contributed by atoms with Crippen LogP contribution in [0.4, 0.5) is 0 Å². The summed E-state index contributed by atoms with van der Waals surface area (Å²) in [6.07, 6.45) is 13.0. The number of hydrogen-bond donors (Lipinski definition) is 1. The Morgan fingerprint density at radius 3 is 1.90 bits per heavy atom. The fourth-order valence-corrected chi connectivity index (χ4v) is 5.12. The maximum absolute atomic E-state index is 13.1. The first kappa shape index (κ1) is 15.3. The molecule has 3 aliphatic rings. The van der Waals surface area contributed by atoms with Gasteiger partial charge in [-0.2, -0.15) is 0 Å². The quantitative estimate of drug-likeness (QED) is 0.795. The molecule has 2 N–H and O–H groups in total. The highest BCUT2D eigenvalue weighted by molar-refractivity contribution is 7.80. The van der Waals surface area contributed by atoms with Crippen molar-refractivity contribution in [1.82, 2.24) is 4.90 Å². The molecule has 0 aromatic rings. The Morgan fingerprint density at radius 1 is 0.857 bits per heavy atom. The van der Waals surface area contributed by atoms with Crippen LogP contribution in [0.2, 0.25) is 0 Å². The molecule has 1 heterocycles. The first-order valence-corrected chi connectivity index (χ1v) is 9.08. The fourth-order valence-electron chi connectivity index (χ4n) is 4.83. The molecule has 0 unspecified atom stereocenters. The number of likely N-dealkylation sites (tertiary alicyclic amines) is 1. The van der Waals surface area contributed by atoms with E-state index in [2.05, 4.69) is 4.90 Å². The Hall–Kier alpha value is -0.640. The zero-order valence-corrected chi connectivity index (χ0v) is 13.8. The number of nitrogens with zero attached hydrogens (tertiary/aromatic N) is 1. The van der Waals surface area contributed by atoms with Crippen molar-refractivity contribution >= 4 is 23.1 Å². The number of carbonyl (C=O) groups excluding carboxylic acids is 1. The minimum absolute atomic E-state index is 0.238. The van der Waals surface area contributed by atoms with E-state index in [-0.39, 0.29) is 5.91 Å². The third-order valence-electron chi connectivity index (χ3n) is 6.36. The Bertz CT molecular complexity index is 413. The van der Waals surface area contributed by atoms with Gasteiger partial charge in [-0.15, -0.1) is 0 Å². The molecule has 1 spiro atoms. The van der Waals surface area contributed by atoms with E-state index >= 15 is 0 Å². The van der Waals surface area contributed by atoms with Gasteiger partial charge in [-0.05, 0) is 43.9 Å². The maximum Gasteiger partial charge on any atom is 0.235 e. The first-order chi connectivity index (χ1) is 10.1. The average Bonchev–Trinajstić information content (AvgIpc) is 2.96. The zero-order chi connectivity index (χ0) is 14.9. The van der Waals surface area contributed by atoms with Gasteiger partial charge in [0.1, 0.15) is 0 Å². The van der Waals surface area contributed by atoms with E-state index in [1.54, 1.807) is 0 Å². The van der Waals surface area contributed by atoms with Crippen molar-refractivity contribution < 1.29 is 4.79 Å². The number of thiocarbonyl (C=S) groups is 1. The van der Waals surface area contributed by atoms with E-state index in [1.165, 1.54) is 44.9 Å². The van der Waals surface area contributed by atoms with Gasteiger partial charge in [-0.3, -0.25) is 4.79 Å². The van der Waals surface area contributed by atoms with Gasteiger partial charge in [0, 0.05) is 13.1 Å². The van der Waals surface area contributed by atoms with Crippen LogP contribution in [-0.2, 0) is 4.79 Å². The van der Waals surface area contributed by atoms with E-state index < -0.39 is 5.41 Å². The Balaban J connectivity index is 1.68. The van der Waals surface area contributed by atoms with Crippen LogP contribution in [0.5, 0.6) is 0 Å². The zero-order valence-electron chi connectivity index (χ0n) is 13.0. The van der Waals surface area contributed by atoms with Crippen molar-refractivity contribution in [2.75, 3.05) is 13.1 Å². The topological polar surface area (TPSA) is 46.3 Å². The summed E-state index contributed by atoms with van der Waals surface area (Å²) in [4.78, 5) is 15.6. The van der Waals surface area contributed by atoms with Crippen LogP contribution in [0.25, 0.3) is 0 Å². The van der Waals surface area contributed by atoms with Gasteiger partial charge in [-0.25, -0.2) is 0 Å². The van der Waals surface area contributed by atoms with Crippen molar-refractivity contribution in [2.24, 2.45) is 16.6 Å². The number of carbonyl (C=O) groups is 1. The van der Waals surface area contributed by atoms with Crippen molar-refractivity contribution in [3.05, 3.63) is 0 Å². The molecule has 21 heavy (non-hydrogen) atoms. The summed E-state index contributed by atoms with van der Waals surface area (Å²) in [5.41, 5.74) is 6.04. The molecule has 3 nitrogen and oxygen atoms in total. The van der Waals surface area contributed by atoms with E-state index in [0.29, 0.717) is 10.4 Å². The molecule has 1 saturated heterocycles. The largest absolute Gasteiger partial charge is 0.392 e. The standard InChI is InChI=1S/C17H28N2OS/c18-14(21)17(8-2-1-3-9-17)15(20)19-12-10-16(11-13-19)6-4-5-7-16/h1-13H2,(H2,18,21). The first-order valence-electron chi connectivity index (χ1n) is 8.67. The molecule has 1 aliphatic heterocycles. The summed E-state index contributed by atoms with van der Waals surface area (Å²) in [6, 6.07) is 0. The summed E-state index contributed by atoms with van der Waals surface area (Å²) in [5.74, 6) is 0.238. The highest BCUT2D eigenvalue weighted by atomic mass is 32.1. The smallest absolute Gasteiger partial charge is 0.235 e. The Labute approximate surface area is 133 Å². The molecule has 3 fully saturated rings. The van der Waals surface area contributed by atoms with Crippen LogP contribution >= 0.6 is 12.2 Å². The lowest BCUT2D eigenvalue weighted by Crippen LogP contribution is -2.54. The molecular weight excluding hydrogens is 280 g/mol. The predicted molar refractivity (Wildman–Crippen MR) is 89.0 cm³/mol. The summed E-state index contributed by atoms with van der Waals surface area (Å²) in [7, 11) is 0. The molecule has 118 valence electrons. The summed E-state index contributed by atoms with van der Waals surface area (Å²) >= 11 is 5.30. The summed E-state index contributed by atoms with van der Waals surface area (Å²) < 4.78 is 0. The van der Waals surface area contributed by atoms with Gasteiger partial charge in [0.2, 0.25) is 5.91 Å². The van der Waals surface area contributed by atoms with Crippen molar-refractivity contribution in [3.63, 3.8) is 0 Å². The van der Waals surface area contributed by atoms with Gasteiger partial charge in [0.25, 0.3) is 0 Å². The van der Waals surface area contributed by atoms with Gasteiger partial charge in [0.05, 0.1) is 10.4 Å². The number of nitrogens with two attached hydrogens (primary N) is 1. The normalized spacial score (nSPS) is 27.7. The number of amides is 1. The Kier molecular flexibility index (Phi) is 4.26. The third-order valence-corrected chi connectivity index (χ3v) is 6.75. The number of hydrogen-bond acceptors (Lipinski definition) is 2. The molecule has 0 radical (unpaired) electrons. The third kappa shape index (κ3) is 2.71. The molecular formula is C17H28N2OS. The molecule has 3 rings (SSSR count). The van der Waals surface area contributed by atoms with E-state index in [0.717, 1.165) is 38.8 Å². The molecule has 0 atom stereocenters. The minimum atomic E-state index is -0.520. The van der Waals surface area contributed by atoms with Crippen molar-refractivity contribution in [2.45, 2.75) is 70.6 Å². The van der Waals surface area contributed by atoms with Crippen LogP contribution in [0.1, 0.15) is 70.6 Å². The van der Waals surface area contributed by atoms with Crippen LogP contribution in [0, 0.1) is 10.8 Å². The molecule has 2 aliphatic carbocycles. The second-order valence-corrected chi connectivity index (χ2v) is 7.95. The van der Waals surface area contributed by atoms with Crippen LogP contribution < -0.4 is 5.73 Å². The van der Waals surface area contributed by atoms with E-state index in [1.807, 2.05) is 0 Å². The minimum Gasteiger partial charge on any atom is -0.392 e. The highest BCUT2D eigenvalue weighted by Gasteiger charge is 2.47. The van der Waals surface area contributed by atoms with E-state index in [4.69, 9.17) is 18.0 Å². The van der Waals surface area contributed by atoms with Gasteiger partial charge in [-0.1, -0.05) is 44.3 Å². The molecule has 2 saturated carbocycles. The second-order valence-electron chi connectivity index (χ2n) is 7.51. The van der Waals surface area contributed by atoms with Gasteiger partial charge in [0.15, 0.2) is 0 Å². The summed E-state index contributed by atoms with van der Waals surface area (Å²) in [6.45, 7) is 1.84. The lowest BCUT2D eigenvalue weighted by atomic mass is 9.71. The monoisotopic (exact) mass is 308 g/mol. The molecule has 0 bridgehead atoms. The molecule has 0 aromatic heterocycles. The van der Waals surface area contributed by atoms with Crippen molar-refractivity contribution in [1.29, 1.82) is 0 Å². The lowest BCUT2D eigenvalue weighted by molar-refractivity contribution is -0.142. The van der Waals surface area contributed by atoms with Crippen LogP contribution in [0.3, 0.4) is 0 Å². The van der Waals surface area contributed by atoms with Crippen LogP contribution in [-0.4, -0.2) is 28.9 Å². The van der Waals surface area contributed by atoms with Crippen LogP contribution in [0.15, 0.2) is 0 Å². The SMILES string of the molecule is NC(=S)C1(C(=O)N2CCC3(CCCC3)CC2)CCCCC1. The fraction of sp³-hybridized carbons (Fsp3) is 0.882. The number of piperidine rings is 1. The van der Waals surface area contributed by atoms with Crippen molar-refractivity contribution in [3.8, 4) is 0 Å². The van der Waals surface area contributed by atoms with E-state index in [9.17, 15) is 4.79 Å². The lowest BCUT2D eigenvalue weighted by Gasteiger charge is -2.44. The second kappa shape index (κ2) is 5.86. The molecule has 4 heteroatoms. The Morgan fingerprint density at radius 2 is 1.38 bits per heavy atom. The van der Waals surface area contributed by atoms with Gasteiger partial charge >= 0.3 is 0 Å². The number of rotatable bonds is 2. The average molecular weight is 308 g/mol.